The molecule has 2 aromatic carbocycles. The second kappa shape index (κ2) is 11.8. The number of fused-ring (bicyclic) bond motifs is 1. The lowest BCUT2D eigenvalue weighted by atomic mass is 9.95. The maximum absolute atomic E-state index is 13.6. The predicted molar refractivity (Wildman–Crippen MR) is 152 cm³/mol. The molecular weight excluding hydrogens is 548 g/mol. The van der Waals surface area contributed by atoms with Gasteiger partial charge in [0.05, 0.1) is 23.9 Å². The van der Waals surface area contributed by atoms with E-state index in [1.807, 2.05) is 6.92 Å². The number of thiazole rings is 1. The maximum atomic E-state index is 13.6. The molecule has 0 saturated carbocycles. The number of aliphatic hydroxyl groups is 1. The first-order chi connectivity index (χ1) is 19.8. The van der Waals surface area contributed by atoms with Crippen LogP contribution in [0.1, 0.15) is 45.9 Å². The maximum Gasteiger partial charge on any atom is 0.350 e. The zero-order valence-electron chi connectivity index (χ0n) is 22.5. The summed E-state index contributed by atoms with van der Waals surface area (Å²) in [5.41, 5.74) is 0.995. The van der Waals surface area contributed by atoms with Crippen LogP contribution < -0.4 is 19.1 Å². The fourth-order valence-electron chi connectivity index (χ4n) is 4.56. The molecule has 0 spiro atoms. The number of rotatable bonds is 9. The van der Waals surface area contributed by atoms with Crippen LogP contribution in [0.5, 0.6) is 17.2 Å². The number of aliphatic hydroxyl groups excluding tert-OH is 1. The highest BCUT2D eigenvalue weighted by molar-refractivity contribution is 7.17. The summed E-state index contributed by atoms with van der Waals surface area (Å²) in [6.45, 7) is 8.36. The van der Waals surface area contributed by atoms with E-state index in [1.54, 1.807) is 49.4 Å². The number of ether oxygens (including phenoxy) is 4. The Morgan fingerprint density at radius 2 is 1.98 bits per heavy atom. The first-order valence-electron chi connectivity index (χ1n) is 13.0. The molecule has 11 heteroatoms. The highest BCUT2D eigenvalue weighted by Crippen LogP contribution is 2.45. The van der Waals surface area contributed by atoms with Gasteiger partial charge < -0.3 is 24.1 Å². The van der Waals surface area contributed by atoms with Crippen molar-refractivity contribution >= 4 is 39.9 Å². The van der Waals surface area contributed by atoms with Crippen LogP contribution in [0.3, 0.4) is 0 Å². The number of aromatic nitrogens is 1. The number of ketones is 1. The van der Waals surface area contributed by atoms with Gasteiger partial charge in [-0.2, -0.15) is 0 Å². The zero-order chi connectivity index (χ0) is 29.1. The molecule has 1 saturated heterocycles. The molecule has 0 unspecified atom stereocenters. The summed E-state index contributed by atoms with van der Waals surface area (Å²) >= 11 is 0.927. The molecule has 0 bridgehead atoms. The fourth-order valence-corrected chi connectivity index (χ4v) is 5.55. The van der Waals surface area contributed by atoms with E-state index in [1.165, 1.54) is 11.0 Å². The van der Waals surface area contributed by atoms with Gasteiger partial charge in [-0.25, -0.2) is 9.78 Å². The lowest BCUT2D eigenvalue weighted by Crippen LogP contribution is -2.29. The van der Waals surface area contributed by atoms with E-state index in [0.29, 0.717) is 48.3 Å². The van der Waals surface area contributed by atoms with Gasteiger partial charge in [0.15, 0.2) is 16.6 Å². The molecule has 3 aromatic rings. The highest BCUT2D eigenvalue weighted by Gasteiger charge is 2.48. The van der Waals surface area contributed by atoms with E-state index in [0.717, 1.165) is 17.8 Å². The third-order valence-corrected chi connectivity index (χ3v) is 7.55. The van der Waals surface area contributed by atoms with Crippen LogP contribution in [-0.2, 0) is 14.3 Å². The van der Waals surface area contributed by atoms with Gasteiger partial charge in [-0.15, -0.1) is 0 Å². The Labute approximate surface area is 240 Å². The van der Waals surface area contributed by atoms with Crippen LogP contribution in [0, 0.1) is 6.92 Å². The van der Waals surface area contributed by atoms with E-state index in [2.05, 4.69) is 11.6 Å². The number of carbonyl (C=O) groups excluding carboxylic acids is 3. The van der Waals surface area contributed by atoms with Crippen molar-refractivity contribution in [3.05, 3.63) is 82.4 Å². The van der Waals surface area contributed by atoms with Gasteiger partial charge in [-0.05, 0) is 49.2 Å². The van der Waals surface area contributed by atoms with Crippen molar-refractivity contribution < 1.29 is 38.4 Å². The van der Waals surface area contributed by atoms with Gasteiger partial charge in [0.25, 0.3) is 5.78 Å². The Kier molecular flexibility index (Phi) is 8.06. The molecule has 1 atom stereocenters. The standard InChI is InChI=1S/C30H28N2O8S/c1-4-11-37-20-8-6-7-18(15-20)24-23(25(33)19-9-10-21-22(16-19)39-14-13-38-21)26(34)28(35)32(24)30-31-17(3)27(41-30)29(36)40-12-5-2/h5-10,15-16,24,33H,2,4,11-14H2,1,3H3/t24-/m1/s1. The quantitative estimate of drug-likeness (QED) is 0.123. The Balaban J connectivity index is 1.65. The second-order valence-corrected chi connectivity index (χ2v) is 10.2. The molecule has 10 nitrogen and oxygen atoms in total. The van der Waals surface area contributed by atoms with Crippen molar-refractivity contribution in [2.75, 3.05) is 31.3 Å². The van der Waals surface area contributed by atoms with Gasteiger partial charge >= 0.3 is 11.9 Å². The summed E-state index contributed by atoms with van der Waals surface area (Å²) in [7, 11) is 0. The van der Waals surface area contributed by atoms with Crippen molar-refractivity contribution in [1.82, 2.24) is 4.98 Å². The number of esters is 1. The molecule has 212 valence electrons. The van der Waals surface area contributed by atoms with Crippen LogP contribution in [0.4, 0.5) is 5.13 Å². The molecule has 1 aromatic heterocycles. The number of Topliss-reactive ketones (excluding diaryl/α,β-unsaturated/α-hetero) is 1. The lowest BCUT2D eigenvalue weighted by molar-refractivity contribution is -0.132. The molecule has 2 aliphatic heterocycles. The van der Waals surface area contributed by atoms with Crippen molar-refractivity contribution in [3.63, 3.8) is 0 Å². The van der Waals surface area contributed by atoms with Crippen LogP contribution in [0.2, 0.25) is 0 Å². The van der Waals surface area contributed by atoms with Gasteiger partial charge in [-0.3, -0.25) is 14.5 Å². The Hall–Kier alpha value is -4.64. The highest BCUT2D eigenvalue weighted by atomic mass is 32.1. The Morgan fingerprint density at radius 3 is 2.73 bits per heavy atom. The monoisotopic (exact) mass is 576 g/mol. The number of hydrogen-bond donors (Lipinski definition) is 1. The molecule has 0 aliphatic carbocycles. The molecule has 1 amide bonds. The molecule has 5 rings (SSSR count). The zero-order valence-corrected chi connectivity index (χ0v) is 23.4. The predicted octanol–water partition coefficient (Wildman–Crippen LogP) is 4.98. The van der Waals surface area contributed by atoms with E-state index >= 15 is 0 Å². The Morgan fingerprint density at radius 1 is 1.20 bits per heavy atom. The summed E-state index contributed by atoms with van der Waals surface area (Å²) in [6.07, 6.45) is 2.23. The number of amides is 1. The minimum atomic E-state index is -1.06. The number of benzene rings is 2. The van der Waals surface area contributed by atoms with Gasteiger partial charge in [0, 0.05) is 5.56 Å². The average Bonchev–Trinajstić information content (AvgIpc) is 3.50. The normalized spacial score (nSPS) is 17.4. The molecule has 1 N–H and O–H groups in total. The third-order valence-electron chi connectivity index (χ3n) is 6.42. The van der Waals surface area contributed by atoms with Crippen molar-refractivity contribution in [2.24, 2.45) is 0 Å². The van der Waals surface area contributed by atoms with E-state index < -0.39 is 23.7 Å². The van der Waals surface area contributed by atoms with Crippen molar-refractivity contribution in [1.29, 1.82) is 0 Å². The van der Waals surface area contributed by atoms with Crippen LogP contribution in [0.25, 0.3) is 5.76 Å². The number of anilines is 1. The smallest absolute Gasteiger partial charge is 0.350 e. The van der Waals surface area contributed by atoms with E-state index in [9.17, 15) is 19.5 Å². The topological polar surface area (TPSA) is 124 Å². The van der Waals surface area contributed by atoms with Crippen LogP contribution in [0.15, 0.2) is 60.7 Å². The van der Waals surface area contributed by atoms with Crippen molar-refractivity contribution in [2.45, 2.75) is 26.3 Å². The molecule has 3 heterocycles. The van der Waals surface area contributed by atoms with Crippen molar-refractivity contribution in [3.8, 4) is 17.2 Å². The summed E-state index contributed by atoms with van der Waals surface area (Å²) in [5, 5.41) is 11.6. The SMILES string of the molecule is C=CCOC(=O)c1sc(N2C(=O)C(=O)C(=C(O)c3ccc4c(c3)OCCO4)[C@H]2c2cccc(OCCC)c2)nc1C. The first kappa shape index (κ1) is 27.9. The lowest BCUT2D eigenvalue weighted by Gasteiger charge is -2.24. The number of nitrogens with zero attached hydrogens (tertiary/aromatic N) is 2. The molecule has 1 fully saturated rings. The van der Waals surface area contributed by atoms with Gasteiger partial charge in [0.2, 0.25) is 0 Å². The second-order valence-electron chi connectivity index (χ2n) is 9.25. The van der Waals surface area contributed by atoms with Crippen LogP contribution in [-0.4, -0.2) is 54.2 Å². The third kappa shape index (κ3) is 5.40. The Bertz CT molecular complexity index is 1560. The molecular formula is C30H28N2O8S. The van der Waals surface area contributed by atoms with E-state index in [-0.39, 0.29) is 33.5 Å². The van der Waals surface area contributed by atoms with Gasteiger partial charge in [0.1, 0.15) is 36.2 Å². The van der Waals surface area contributed by atoms with Crippen LogP contribution >= 0.6 is 11.3 Å². The minimum Gasteiger partial charge on any atom is -0.507 e. The fraction of sp³-hybridized carbons (Fsp3) is 0.267. The van der Waals surface area contributed by atoms with Gasteiger partial charge in [-0.1, -0.05) is 43.0 Å². The average molecular weight is 577 g/mol. The number of carbonyl (C=O) groups is 3. The van der Waals surface area contributed by atoms with E-state index in [4.69, 9.17) is 18.9 Å². The summed E-state index contributed by atoms with van der Waals surface area (Å²) in [4.78, 5) is 45.6. The molecule has 2 aliphatic rings. The number of aryl methyl sites for hydroxylation is 1. The molecule has 41 heavy (non-hydrogen) atoms. The largest absolute Gasteiger partial charge is 0.507 e. The summed E-state index contributed by atoms with van der Waals surface area (Å²) < 4.78 is 22.2. The molecule has 0 radical (unpaired) electrons. The summed E-state index contributed by atoms with van der Waals surface area (Å²) in [6, 6.07) is 10.7. The first-order valence-corrected chi connectivity index (χ1v) is 13.8. The number of hydrogen-bond acceptors (Lipinski definition) is 10. The minimum absolute atomic E-state index is 0.0100. The summed E-state index contributed by atoms with van der Waals surface area (Å²) in [5.74, 6) is -1.32.